The molecule has 2 rings (SSSR count). The molecular formula is C33H48N2O6. The molecule has 0 saturated carbocycles. The van der Waals surface area contributed by atoms with Crippen LogP contribution in [0, 0.1) is 19.3 Å². The summed E-state index contributed by atoms with van der Waals surface area (Å²) in [6.07, 6.45) is 2.76. The van der Waals surface area contributed by atoms with E-state index >= 15 is 0 Å². The molecule has 41 heavy (non-hydrogen) atoms. The minimum absolute atomic E-state index is 0.0838. The average Bonchev–Trinajstić information content (AvgIpc) is 2.90. The number of carboxylic acids is 1. The number of rotatable bonds is 15. The average molecular weight is 569 g/mol. The molecule has 5 N–H and O–H groups in total. The fourth-order valence-corrected chi connectivity index (χ4v) is 5.26. The van der Waals surface area contributed by atoms with Crippen LogP contribution in [0.25, 0.3) is 0 Å². The second kappa shape index (κ2) is 14.5. The SMILES string of the molecule is CCC(CC)(c1ccc(CCC(O)C(C)(C)C)c(C)c1)c1ccc(OCC(=O)N[C@@H](CCC(N)=O)C(=O)O)c(C)c1. The monoisotopic (exact) mass is 568 g/mol. The zero-order chi connectivity index (χ0) is 31.0. The van der Waals surface area contributed by atoms with Crippen molar-refractivity contribution in [1.82, 2.24) is 5.32 Å². The van der Waals surface area contributed by atoms with Crippen molar-refractivity contribution < 1.29 is 29.3 Å². The first-order valence-corrected chi connectivity index (χ1v) is 14.5. The first-order chi connectivity index (χ1) is 19.1. The second-order valence-electron chi connectivity index (χ2n) is 12.1. The van der Waals surface area contributed by atoms with Gasteiger partial charge in [-0.05, 0) is 85.3 Å². The van der Waals surface area contributed by atoms with Crippen LogP contribution in [0.15, 0.2) is 36.4 Å². The lowest BCUT2D eigenvalue weighted by molar-refractivity contribution is -0.142. The summed E-state index contributed by atoms with van der Waals surface area (Å²) in [5, 5.41) is 22.2. The van der Waals surface area contributed by atoms with Gasteiger partial charge >= 0.3 is 5.97 Å². The predicted octanol–water partition coefficient (Wildman–Crippen LogP) is 4.96. The predicted molar refractivity (Wildman–Crippen MR) is 161 cm³/mol. The van der Waals surface area contributed by atoms with Crippen molar-refractivity contribution in [2.75, 3.05) is 6.61 Å². The molecule has 0 aliphatic rings. The van der Waals surface area contributed by atoms with E-state index in [9.17, 15) is 24.6 Å². The highest BCUT2D eigenvalue weighted by atomic mass is 16.5. The van der Waals surface area contributed by atoms with Crippen molar-refractivity contribution >= 4 is 17.8 Å². The Kier molecular flexibility index (Phi) is 11.9. The van der Waals surface area contributed by atoms with Gasteiger partial charge in [0.15, 0.2) is 6.61 Å². The number of carbonyl (C=O) groups excluding carboxylic acids is 2. The number of ether oxygens (including phenoxy) is 1. The van der Waals surface area contributed by atoms with Crippen LogP contribution in [0.2, 0.25) is 0 Å². The van der Waals surface area contributed by atoms with Crippen molar-refractivity contribution in [2.45, 2.75) is 105 Å². The molecule has 2 aromatic rings. The Bertz CT molecular complexity index is 1210. The highest BCUT2D eigenvalue weighted by Crippen LogP contribution is 2.41. The Morgan fingerprint density at radius 3 is 2.02 bits per heavy atom. The molecule has 2 amide bonds. The lowest BCUT2D eigenvalue weighted by atomic mass is 9.69. The number of amides is 2. The summed E-state index contributed by atoms with van der Waals surface area (Å²) in [6, 6.07) is 11.4. The van der Waals surface area contributed by atoms with Crippen molar-refractivity contribution in [3.63, 3.8) is 0 Å². The molecule has 2 atom stereocenters. The van der Waals surface area contributed by atoms with Gasteiger partial charge in [-0.15, -0.1) is 0 Å². The number of aliphatic hydroxyl groups is 1. The number of hydrogen-bond donors (Lipinski definition) is 4. The minimum Gasteiger partial charge on any atom is -0.484 e. The van der Waals surface area contributed by atoms with Crippen LogP contribution in [0.5, 0.6) is 5.75 Å². The summed E-state index contributed by atoms with van der Waals surface area (Å²) >= 11 is 0. The van der Waals surface area contributed by atoms with Gasteiger partial charge in [0.1, 0.15) is 11.8 Å². The molecule has 2 aromatic carbocycles. The summed E-state index contributed by atoms with van der Waals surface area (Å²) in [7, 11) is 0. The van der Waals surface area contributed by atoms with Gasteiger partial charge < -0.3 is 26.0 Å². The molecule has 0 aromatic heterocycles. The van der Waals surface area contributed by atoms with E-state index < -0.39 is 23.8 Å². The van der Waals surface area contributed by atoms with Gasteiger partial charge in [0, 0.05) is 11.8 Å². The van der Waals surface area contributed by atoms with Crippen LogP contribution >= 0.6 is 0 Å². The first-order valence-electron chi connectivity index (χ1n) is 14.5. The lowest BCUT2D eigenvalue weighted by Gasteiger charge is -2.34. The molecule has 8 heteroatoms. The number of aliphatic carboxylic acids is 1. The van der Waals surface area contributed by atoms with E-state index in [1.807, 2.05) is 19.1 Å². The maximum absolute atomic E-state index is 12.4. The topological polar surface area (TPSA) is 139 Å². The number of primary amides is 1. The Hall–Kier alpha value is -3.39. The molecule has 1 unspecified atom stereocenters. The van der Waals surface area contributed by atoms with Crippen molar-refractivity contribution in [3.8, 4) is 5.75 Å². The van der Waals surface area contributed by atoms with Crippen LogP contribution in [-0.4, -0.2) is 46.7 Å². The van der Waals surface area contributed by atoms with Crippen LogP contribution in [0.1, 0.15) is 94.5 Å². The van der Waals surface area contributed by atoms with Crippen molar-refractivity contribution in [1.29, 1.82) is 0 Å². The third-order valence-electron chi connectivity index (χ3n) is 8.19. The summed E-state index contributed by atoms with van der Waals surface area (Å²) in [4.78, 5) is 34.7. The third-order valence-corrected chi connectivity index (χ3v) is 8.19. The van der Waals surface area contributed by atoms with E-state index in [-0.39, 0.29) is 36.4 Å². The summed E-state index contributed by atoms with van der Waals surface area (Å²) in [5.74, 6) is -1.92. The number of benzene rings is 2. The lowest BCUT2D eigenvalue weighted by Crippen LogP contribution is -2.43. The zero-order valence-corrected chi connectivity index (χ0v) is 25.7. The zero-order valence-electron chi connectivity index (χ0n) is 25.7. The number of nitrogens with one attached hydrogen (secondary N) is 1. The Labute approximate surface area is 244 Å². The molecule has 0 fully saturated rings. The fourth-order valence-electron chi connectivity index (χ4n) is 5.26. The van der Waals surface area contributed by atoms with E-state index in [4.69, 9.17) is 10.5 Å². The fraction of sp³-hybridized carbons (Fsp3) is 0.545. The summed E-state index contributed by atoms with van der Waals surface area (Å²) in [6.45, 7) is 14.3. The van der Waals surface area contributed by atoms with E-state index in [2.05, 4.69) is 71.1 Å². The normalized spacial score (nSPS) is 13.4. The third kappa shape index (κ3) is 9.05. The summed E-state index contributed by atoms with van der Waals surface area (Å²) in [5.41, 5.74) is 10.5. The van der Waals surface area contributed by atoms with Crippen LogP contribution in [0.4, 0.5) is 0 Å². The standard InChI is InChI=1S/C33H48N2O6/c1-8-33(9-2,24-12-10-23(21(3)18-24)11-16-28(36)32(5,6)7)25-13-15-27(22(4)19-25)41-20-30(38)35-26(31(39)40)14-17-29(34)37/h10,12-13,15,18-19,26,28,36H,8-9,11,14,16-17,20H2,1-7H3,(H2,34,37)(H,35,38)(H,39,40)/t26-,28?/m0/s1. The molecule has 0 aliphatic heterocycles. The first kappa shape index (κ1) is 33.8. The van der Waals surface area contributed by atoms with Crippen molar-refractivity contribution in [3.05, 3.63) is 64.2 Å². The van der Waals surface area contributed by atoms with Gasteiger partial charge in [-0.25, -0.2) is 4.79 Å². The second-order valence-corrected chi connectivity index (χ2v) is 12.1. The van der Waals surface area contributed by atoms with E-state index in [1.54, 1.807) is 0 Å². The van der Waals surface area contributed by atoms with E-state index in [1.165, 1.54) is 16.7 Å². The number of carboxylic acid groups (broad SMARTS) is 1. The Balaban J connectivity index is 2.19. The van der Waals surface area contributed by atoms with Crippen molar-refractivity contribution in [2.24, 2.45) is 11.1 Å². The quantitative estimate of drug-likeness (QED) is 0.239. The minimum atomic E-state index is -1.23. The Morgan fingerprint density at radius 1 is 0.951 bits per heavy atom. The molecule has 8 nitrogen and oxygen atoms in total. The van der Waals surface area contributed by atoms with Gasteiger partial charge in [-0.3, -0.25) is 9.59 Å². The maximum Gasteiger partial charge on any atom is 0.326 e. The molecule has 0 heterocycles. The molecule has 0 aliphatic carbocycles. The Morgan fingerprint density at radius 2 is 1.54 bits per heavy atom. The largest absolute Gasteiger partial charge is 0.484 e. The van der Waals surface area contributed by atoms with Gasteiger partial charge in [0.05, 0.1) is 6.10 Å². The van der Waals surface area contributed by atoms with Crippen LogP contribution in [0.3, 0.4) is 0 Å². The number of aryl methyl sites for hydroxylation is 3. The van der Waals surface area contributed by atoms with Gasteiger partial charge in [-0.1, -0.05) is 65.0 Å². The van der Waals surface area contributed by atoms with Gasteiger partial charge in [0.2, 0.25) is 5.91 Å². The van der Waals surface area contributed by atoms with E-state index in [0.29, 0.717) is 5.75 Å². The van der Waals surface area contributed by atoms with Crippen LogP contribution < -0.4 is 15.8 Å². The molecule has 0 saturated heterocycles. The molecule has 0 radical (unpaired) electrons. The number of hydrogen-bond acceptors (Lipinski definition) is 5. The smallest absolute Gasteiger partial charge is 0.326 e. The summed E-state index contributed by atoms with van der Waals surface area (Å²) < 4.78 is 5.73. The van der Waals surface area contributed by atoms with Crippen LogP contribution in [-0.2, 0) is 26.2 Å². The number of aliphatic hydroxyl groups excluding tert-OH is 1. The van der Waals surface area contributed by atoms with Gasteiger partial charge in [0.25, 0.3) is 5.91 Å². The molecule has 0 bridgehead atoms. The highest BCUT2D eigenvalue weighted by molar-refractivity contribution is 5.85. The molecular weight excluding hydrogens is 520 g/mol. The number of carbonyl (C=O) groups is 3. The number of nitrogens with two attached hydrogens (primary N) is 1. The maximum atomic E-state index is 12.4. The molecule has 0 spiro atoms. The highest BCUT2D eigenvalue weighted by Gasteiger charge is 2.32. The molecule has 226 valence electrons. The van der Waals surface area contributed by atoms with E-state index in [0.717, 1.165) is 36.8 Å². The van der Waals surface area contributed by atoms with Gasteiger partial charge in [-0.2, -0.15) is 0 Å².